The van der Waals surface area contributed by atoms with E-state index in [4.69, 9.17) is 9.05 Å². The number of quaternary nitrogens is 1. The molecule has 3 N–H and O–H groups in total. The summed E-state index contributed by atoms with van der Waals surface area (Å²) >= 11 is 0. The van der Waals surface area contributed by atoms with Crippen LogP contribution >= 0.6 is 7.82 Å². The molecule has 0 radical (unpaired) electrons. The van der Waals surface area contributed by atoms with Crippen LogP contribution in [0, 0.1) is 0 Å². The monoisotopic (exact) mass is 1310 g/mol. The highest BCUT2D eigenvalue weighted by Gasteiger charge is 2.28. The molecule has 0 saturated heterocycles. The molecule has 0 spiro atoms. The van der Waals surface area contributed by atoms with Crippen molar-refractivity contribution in [2.45, 2.75) is 469 Å². The van der Waals surface area contributed by atoms with Crippen LogP contribution in [0.2, 0.25) is 0 Å². The lowest BCUT2D eigenvalue weighted by atomic mass is 10.0. The van der Waals surface area contributed by atoms with Crippen molar-refractivity contribution < 1.29 is 32.9 Å². The second kappa shape index (κ2) is 73.5. The van der Waals surface area contributed by atoms with Crippen LogP contribution in [0.1, 0.15) is 457 Å². The average molecular weight is 1310 g/mol. The lowest BCUT2D eigenvalue weighted by molar-refractivity contribution is -0.870. The van der Waals surface area contributed by atoms with E-state index in [1.165, 1.54) is 405 Å². The van der Waals surface area contributed by atoms with Crippen LogP contribution in [0.5, 0.6) is 0 Å². The first-order chi connectivity index (χ1) is 44.5. The first-order valence-corrected chi connectivity index (χ1v) is 43.1. The Kier molecular flexibility index (Phi) is 72.9. The maximum atomic E-state index is 13.1. The van der Waals surface area contributed by atoms with Gasteiger partial charge in [-0.25, -0.2) is 4.57 Å². The molecule has 0 aliphatic carbocycles. The minimum Gasteiger partial charge on any atom is -0.387 e. The van der Waals surface area contributed by atoms with Gasteiger partial charge in [0.2, 0.25) is 5.91 Å². The predicted molar refractivity (Wildman–Crippen MR) is 402 cm³/mol. The number of aliphatic hydroxyl groups excluding tert-OH is 1. The molecule has 0 aromatic carbocycles. The Labute approximate surface area is 571 Å². The van der Waals surface area contributed by atoms with Gasteiger partial charge in [-0.15, -0.1) is 0 Å². The summed E-state index contributed by atoms with van der Waals surface area (Å²) in [5.41, 5.74) is 0. The molecule has 0 saturated carbocycles. The number of amides is 1. The van der Waals surface area contributed by atoms with Gasteiger partial charge in [-0.3, -0.25) is 13.8 Å². The fraction of sp³-hybridized carbons (Fsp3) is 0.963. The fourth-order valence-corrected chi connectivity index (χ4v) is 14.1. The molecular weight excluding hydrogens is 1140 g/mol. The van der Waals surface area contributed by atoms with Crippen molar-refractivity contribution in [2.24, 2.45) is 0 Å². The molecule has 0 aliphatic rings. The van der Waals surface area contributed by atoms with Gasteiger partial charge in [0.05, 0.1) is 39.9 Å². The first kappa shape index (κ1) is 90.2. The number of carbonyl (C=O) groups is 1. The molecule has 0 aromatic rings. The molecule has 0 bridgehead atoms. The number of rotatable bonds is 79. The number of phosphoric acid groups is 1. The van der Waals surface area contributed by atoms with Crippen LogP contribution in [0.15, 0.2) is 12.2 Å². The minimum atomic E-state index is -4.35. The number of aliphatic hydroxyl groups is 1. The van der Waals surface area contributed by atoms with Crippen LogP contribution < -0.4 is 5.32 Å². The van der Waals surface area contributed by atoms with E-state index < -0.39 is 20.0 Å². The molecule has 91 heavy (non-hydrogen) atoms. The summed E-state index contributed by atoms with van der Waals surface area (Å²) in [5.74, 6) is -0.165. The van der Waals surface area contributed by atoms with E-state index in [2.05, 4.69) is 19.2 Å². The van der Waals surface area contributed by atoms with Crippen molar-refractivity contribution in [1.29, 1.82) is 0 Å². The lowest BCUT2D eigenvalue weighted by Crippen LogP contribution is -2.45. The molecule has 0 rings (SSSR count). The van der Waals surface area contributed by atoms with Gasteiger partial charge >= 0.3 is 7.82 Å². The Morgan fingerprint density at radius 1 is 0.363 bits per heavy atom. The molecule has 1 amide bonds. The van der Waals surface area contributed by atoms with E-state index in [1.807, 2.05) is 27.2 Å². The van der Waals surface area contributed by atoms with Crippen molar-refractivity contribution in [3.05, 3.63) is 12.2 Å². The zero-order chi connectivity index (χ0) is 66.2. The first-order valence-electron chi connectivity index (χ1n) is 41.6. The highest BCUT2D eigenvalue weighted by Crippen LogP contribution is 2.43. The van der Waals surface area contributed by atoms with Gasteiger partial charge in [0.1, 0.15) is 13.2 Å². The van der Waals surface area contributed by atoms with Crippen LogP contribution in [0.4, 0.5) is 0 Å². The molecule has 9 heteroatoms. The molecule has 544 valence electrons. The molecule has 0 aliphatic heterocycles. The Bertz CT molecular complexity index is 1490. The van der Waals surface area contributed by atoms with E-state index in [-0.39, 0.29) is 19.1 Å². The summed E-state index contributed by atoms with van der Waals surface area (Å²) in [7, 11) is 1.60. The lowest BCUT2D eigenvalue weighted by Gasteiger charge is -2.25. The van der Waals surface area contributed by atoms with E-state index in [1.54, 1.807) is 6.08 Å². The number of unbranched alkanes of at least 4 members (excludes halogenated alkanes) is 66. The SMILES string of the molecule is CCCCCCCCCCCCCCCCCCCCCCCCCCCCCC/C=C/C(O)C(COP(=O)(O)OCC[N+](C)(C)C)NC(=O)CCCCCCCCCCCCCCCCCCCCCCCCCCCCCCCCCCCCCCCCC. The van der Waals surface area contributed by atoms with Crippen LogP contribution in [-0.4, -0.2) is 73.4 Å². The predicted octanol–water partition coefficient (Wildman–Crippen LogP) is 27.2. The Morgan fingerprint density at radius 2 is 0.582 bits per heavy atom. The van der Waals surface area contributed by atoms with Crippen molar-refractivity contribution in [3.63, 3.8) is 0 Å². The molecular formula is C82H166N2O6P+. The molecule has 0 heterocycles. The van der Waals surface area contributed by atoms with E-state index >= 15 is 0 Å². The van der Waals surface area contributed by atoms with E-state index in [0.717, 1.165) is 32.1 Å². The molecule has 8 nitrogen and oxygen atoms in total. The fourth-order valence-electron chi connectivity index (χ4n) is 13.3. The normalized spacial score (nSPS) is 13.4. The summed E-state index contributed by atoms with van der Waals surface area (Å²) in [6.45, 7) is 4.90. The van der Waals surface area contributed by atoms with Crippen LogP contribution in [-0.2, 0) is 18.4 Å². The van der Waals surface area contributed by atoms with Crippen molar-refractivity contribution in [2.75, 3.05) is 40.9 Å². The quantitative estimate of drug-likeness (QED) is 0.0243. The summed E-state index contributed by atoms with van der Waals surface area (Å²) in [4.78, 5) is 23.5. The Morgan fingerprint density at radius 3 is 0.813 bits per heavy atom. The van der Waals surface area contributed by atoms with Gasteiger partial charge in [-0.05, 0) is 19.3 Å². The number of likely N-dealkylation sites (N-methyl/N-ethyl adjacent to an activating group) is 1. The number of hydrogen-bond donors (Lipinski definition) is 3. The average Bonchev–Trinajstić information content (AvgIpc) is 3.46. The summed E-state index contributed by atoms with van der Waals surface area (Å²) < 4.78 is 23.9. The van der Waals surface area contributed by atoms with Gasteiger partial charge in [0.15, 0.2) is 0 Å². The number of allylic oxidation sites excluding steroid dienone is 1. The van der Waals surface area contributed by atoms with Crippen LogP contribution in [0.25, 0.3) is 0 Å². The maximum absolute atomic E-state index is 13.1. The number of nitrogens with one attached hydrogen (secondary N) is 1. The van der Waals surface area contributed by atoms with Crippen molar-refractivity contribution in [3.8, 4) is 0 Å². The zero-order valence-electron chi connectivity index (χ0n) is 62.6. The molecule has 3 atom stereocenters. The maximum Gasteiger partial charge on any atom is 0.472 e. The zero-order valence-corrected chi connectivity index (χ0v) is 63.5. The van der Waals surface area contributed by atoms with E-state index in [9.17, 15) is 19.4 Å². The third kappa shape index (κ3) is 76.5. The van der Waals surface area contributed by atoms with Crippen molar-refractivity contribution >= 4 is 13.7 Å². The van der Waals surface area contributed by atoms with Gasteiger partial charge in [0.25, 0.3) is 0 Å². The second-order valence-corrected chi connectivity index (χ2v) is 31.7. The van der Waals surface area contributed by atoms with Gasteiger partial charge < -0.3 is 19.8 Å². The van der Waals surface area contributed by atoms with E-state index in [0.29, 0.717) is 17.4 Å². The minimum absolute atomic E-state index is 0.0657. The Balaban J connectivity index is 3.89. The molecule has 3 unspecified atom stereocenters. The summed E-state index contributed by atoms with van der Waals surface area (Å²) in [6, 6.07) is -0.845. The van der Waals surface area contributed by atoms with Crippen LogP contribution in [0.3, 0.4) is 0 Å². The number of carbonyl (C=O) groups excluding carboxylic acids is 1. The molecule has 0 aromatic heterocycles. The highest BCUT2D eigenvalue weighted by molar-refractivity contribution is 7.47. The molecule has 0 fully saturated rings. The van der Waals surface area contributed by atoms with Crippen molar-refractivity contribution in [1.82, 2.24) is 5.32 Å². The van der Waals surface area contributed by atoms with Gasteiger partial charge in [0, 0.05) is 6.42 Å². The largest absolute Gasteiger partial charge is 0.472 e. The third-order valence-corrected chi connectivity index (χ3v) is 20.7. The third-order valence-electron chi connectivity index (χ3n) is 19.8. The topological polar surface area (TPSA) is 105 Å². The number of nitrogens with zero attached hydrogens (tertiary/aromatic N) is 1. The Hall–Kier alpha value is -0.760. The van der Waals surface area contributed by atoms with Gasteiger partial charge in [-0.1, -0.05) is 443 Å². The summed E-state index contributed by atoms with van der Waals surface area (Å²) in [6.07, 6.45) is 97.2. The number of phosphoric ester groups is 1. The smallest absolute Gasteiger partial charge is 0.387 e. The highest BCUT2D eigenvalue weighted by atomic mass is 31.2. The second-order valence-electron chi connectivity index (χ2n) is 30.2. The summed E-state index contributed by atoms with van der Waals surface area (Å²) in [5, 5.41) is 14.1. The van der Waals surface area contributed by atoms with Gasteiger partial charge in [-0.2, -0.15) is 0 Å². The standard InChI is InChI=1S/C82H165N2O6P/c1-6-8-10-12-14-16-18-20-22-24-26-28-30-32-34-36-38-39-40-41-42-43-44-45-46-48-50-52-54-56-58-60-62-64-66-68-70-72-74-76-82(86)83-80(79-90-91(87,88)89-78-77-84(3,4)5)81(85)75-73-71-69-67-65-63-61-59-57-55-53-51-49-47-37-35-33-31-29-27-25-23-21-19-17-15-13-11-9-7-2/h73,75,80-81,85H,6-72,74,76-79H2,1-5H3,(H-,83,86,87,88)/p+1/b75-73+. The number of hydrogen-bond acceptors (Lipinski definition) is 5.